The van der Waals surface area contributed by atoms with Crippen LogP contribution in [0.4, 0.5) is 5.69 Å². The number of nitrogens with zero attached hydrogens (tertiary/aromatic N) is 1. The molecule has 2 N–H and O–H groups in total. The number of aromatic nitrogens is 1. The number of rotatable bonds is 4. The third-order valence-corrected chi connectivity index (χ3v) is 2.93. The fraction of sp³-hybridized carbons (Fsp3) is 0.143. The molecule has 0 saturated carbocycles. The Morgan fingerprint density at radius 3 is 2.63 bits per heavy atom. The standard InChI is InChI=1S/C14H13ClN2O2/c15-13-9-16-7-5-12(13)14(19)17-11-3-1-10(2-4-11)6-8-18/h1-5,7,9,18H,6,8H2,(H,17,19). The van der Waals surface area contributed by atoms with E-state index in [1.54, 1.807) is 18.2 Å². The van der Waals surface area contributed by atoms with Crippen molar-refractivity contribution in [3.05, 3.63) is 58.9 Å². The van der Waals surface area contributed by atoms with Crippen LogP contribution in [-0.4, -0.2) is 22.6 Å². The Morgan fingerprint density at radius 1 is 1.26 bits per heavy atom. The fourth-order valence-corrected chi connectivity index (χ4v) is 1.85. The molecular formula is C14H13ClN2O2. The lowest BCUT2D eigenvalue weighted by Crippen LogP contribution is -2.12. The zero-order valence-electron chi connectivity index (χ0n) is 10.1. The summed E-state index contributed by atoms with van der Waals surface area (Å²) >= 11 is 5.90. The Labute approximate surface area is 116 Å². The van der Waals surface area contributed by atoms with Gasteiger partial charge in [0.15, 0.2) is 0 Å². The third kappa shape index (κ3) is 3.53. The van der Waals surface area contributed by atoms with Gasteiger partial charge < -0.3 is 10.4 Å². The molecule has 0 radical (unpaired) electrons. The molecule has 0 saturated heterocycles. The molecule has 1 heterocycles. The van der Waals surface area contributed by atoms with Crippen LogP contribution in [0.5, 0.6) is 0 Å². The highest BCUT2D eigenvalue weighted by Crippen LogP contribution is 2.16. The molecule has 1 amide bonds. The van der Waals surface area contributed by atoms with Crippen molar-refractivity contribution in [2.45, 2.75) is 6.42 Å². The predicted octanol–water partition coefficient (Wildman–Crippen LogP) is 2.52. The maximum Gasteiger partial charge on any atom is 0.257 e. The van der Waals surface area contributed by atoms with Crippen molar-refractivity contribution < 1.29 is 9.90 Å². The Hall–Kier alpha value is -1.91. The van der Waals surface area contributed by atoms with E-state index in [9.17, 15) is 4.79 Å². The molecule has 19 heavy (non-hydrogen) atoms. The van der Waals surface area contributed by atoms with Gasteiger partial charge in [0.2, 0.25) is 0 Å². The van der Waals surface area contributed by atoms with Crippen molar-refractivity contribution in [2.75, 3.05) is 11.9 Å². The first kappa shape index (κ1) is 13.5. The minimum Gasteiger partial charge on any atom is -0.396 e. The SMILES string of the molecule is O=C(Nc1ccc(CCO)cc1)c1ccncc1Cl. The topological polar surface area (TPSA) is 62.2 Å². The lowest BCUT2D eigenvalue weighted by molar-refractivity contribution is 0.102. The summed E-state index contributed by atoms with van der Waals surface area (Å²) in [4.78, 5) is 15.8. The van der Waals surface area contributed by atoms with Crippen LogP contribution in [0.1, 0.15) is 15.9 Å². The van der Waals surface area contributed by atoms with Crippen molar-refractivity contribution in [2.24, 2.45) is 0 Å². The first-order valence-electron chi connectivity index (χ1n) is 5.81. The van der Waals surface area contributed by atoms with Gasteiger partial charge in [-0.05, 0) is 30.2 Å². The molecule has 0 aliphatic rings. The number of benzene rings is 1. The Balaban J connectivity index is 2.09. The summed E-state index contributed by atoms with van der Waals surface area (Å²) in [5, 5.41) is 11.9. The van der Waals surface area contributed by atoms with Gasteiger partial charge in [0.05, 0.1) is 10.6 Å². The number of anilines is 1. The summed E-state index contributed by atoms with van der Waals surface area (Å²) in [7, 11) is 0. The van der Waals surface area contributed by atoms with Gasteiger partial charge in [0.1, 0.15) is 0 Å². The molecule has 2 aromatic rings. The molecular weight excluding hydrogens is 264 g/mol. The van der Waals surface area contributed by atoms with E-state index in [0.29, 0.717) is 22.7 Å². The number of aliphatic hydroxyl groups is 1. The summed E-state index contributed by atoms with van der Waals surface area (Å²) in [6.45, 7) is 0.109. The maximum absolute atomic E-state index is 12.0. The summed E-state index contributed by atoms with van der Waals surface area (Å²) in [5.74, 6) is -0.276. The number of pyridine rings is 1. The van der Waals surface area contributed by atoms with Gasteiger partial charge in [-0.15, -0.1) is 0 Å². The van der Waals surface area contributed by atoms with Crippen LogP contribution >= 0.6 is 11.6 Å². The van der Waals surface area contributed by atoms with Gasteiger partial charge in [-0.3, -0.25) is 9.78 Å². The molecule has 1 aromatic carbocycles. The normalized spacial score (nSPS) is 10.2. The van der Waals surface area contributed by atoms with Gasteiger partial charge in [-0.25, -0.2) is 0 Å². The highest BCUT2D eigenvalue weighted by Gasteiger charge is 2.09. The lowest BCUT2D eigenvalue weighted by atomic mass is 10.1. The van der Waals surface area contributed by atoms with Crippen LogP contribution in [0.15, 0.2) is 42.7 Å². The van der Waals surface area contributed by atoms with Crippen LogP contribution in [-0.2, 0) is 6.42 Å². The molecule has 0 unspecified atom stereocenters. The summed E-state index contributed by atoms with van der Waals surface area (Å²) in [6.07, 6.45) is 3.55. The maximum atomic E-state index is 12.0. The van der Waals surface area contributed by atoms with Crippen molar-refractivity contribution in [3.8, 4) is 0 Å². The van der Waals surface area contributed by atoms with Gasteiger partial charge >= 0.3 is 0 Å². The number of aliphatic hydroxyl groups excluding tert-OH is 1. The highest BCUT2D eigenvalue weighted by molar-refractivity contribution is 6.34. The molecule has 0 fully saturated rings. The smallest absolute Gasteiger partial charge is 0.257 e. The Kier molecular flexibility index (Phi) is 4.49. The third-order valence-electron chi connectivity index (χ3n) is 2.63. The Bertz CT molecular complexity index is 570. The van der Waals surface area contributed by atoms with Gasteiger partial charge in [0, 0.05) is 24.7 Å². The first-order chi connectivity index (χ1) is 9.20. The molecule has 98 valence electrons. The zero-order chi connectivity index (χ0) is 13.7. The molecule has 4 nitrogen and oxygen atoms in total. The fourth-order valence-electron chi connectivity index (χ4n) is 1.64. The second kappa shape index (κ2) is 6.31. The number of hydrogen-bond acceptors (Lipinski definition) is 3. The van der Waals surface area contributed by atoms with E-state index in [-0.39, 0.29) is 12.5 Å². The van der Waals surface area contributed by atoms with Crippen molar-refractivity contribution in [1.82, 2.24) is 4.98 Å². The van der Waals surface area contributed by atoms with Gasteiger partial charge in [-0.2, -0.15) is 0 Å². The van der Waals surface area contributed by atoms with Crippen LogP contribution in [0.3, 0.4) is 0 Å². The van der Waals surface area contributed by atoms with E-state index in [1.807, 2.05) is 12.1 Å². The molecule has 0 aliphatic heterocycles. The molecule has 0 atom stereocenters. The van der Waals surface area contributed by atoms with E-state index < -0.39 is 0 Å². The van der Waals surface area contributed by atoms with Crippen LogP contribution in [0.25, 0.3) is 0 Å². The number of carbonyl (C=O) groups excluding carboxylic acids is 1. The molecule has 5 heteroatoms. The second-order valence-electron chi connectivity index (χ2n) is 3.98. The largest absolute Gasteiger partial charge is 0.396 e. The van der Waals surface area contributed by atoms with Gasteiger partial charge in [0.25, 0.3) is 5.91 Å². The highest BCUT2D eigenvalue weighted by atomic mass is 35.5. The Morgan fingerprint density at radius 2 is 2.00 bits per heavy atom. The minimum atomic E-state index is -0.276. The van der Waals surface area contributed by atoms with Crippen molar-refractivity contribution in [3.63, 3.8) is 0 Å². The van der Waals surface area contributed by atoms with Crippen molar-refractivity contribution in [1.29, 1.82) is 0 Å². The average molecular weight is 277 g/mol. The molecule has 0 spiro atoms. The number of carbonyl (C=O) groups is 1. The minimum absolute atomic E-state index is 0.109. The quantitative estimate of drug-likeness (QED) is 0.902. The lowest BCUT2D eigenvalue weighted by Gasteiger charge is -2.07. The zero-order valence-corrected chi connectivity index (χ0v) is 10.9. The van der Waals surface area contributed by atoms with E-state index >= 15 is 0 Å². The number of nitrogens with one attached hydrogen (secondary N) is 1. The van der Waals surface area contributed by atoms with Crippen LogP contribution in [0.2, 0.25) is 5.02 Å². The predicted molar refractivity (Wildman–Crippen MR) is 74.4 cm³/mol. The van der Waals surface area contributed by atoms with E-state index in [0.717, 1.165) is 5.56 Å². The number of amides is 1. The van der Waals surface area contributed by atoms with Crippen LogP contribution < -0.4 is 5.32 Å². The molecule has 0 bridgehead atoms. The molecule has 0 aliphatic carbocycles. The van der Waals surface area contributed by atoms with Crippen LogP contribution in [0, 0.1) is 0 Å². The molecule has 2 rings (SSSR count). The van der Waals surface area contributed by atoms with Gasteiger partial charge in [-0.1, -0.05) is 23.7 Å². The summed E-state index contributed by atoms with van der Waals surface area (Å²) < 4.78 is 0. The molecule has 1 aromatic heterocycles. The van der Waals surface area contributed by atoms with E-state index in [2.05, 4.69) is 10.3 Å². The first-order valence-corrected chi connectivity index (χ1v) is 6.19. The second-order valence-corrected chi connectivity index (χ2v) is 4.39. The van der Waals surface area contributed by atoms with E-state index in [1.165, 1.54) is 12.4 Å². The number of hydrogen-bond donors (Lipinski definition) is 2. The number of halogens is 1. The summed E-state index contributed by atoms with van der Waals surface area (Å²) in [5.41, 5.74) is 2.08. The summed E-state index contributed by atoms with van der Waals surface area (Å²) in [6, 6.07) is 8.87. The average Bonchev–Trinajstić information content (AvgIpc) is 2.42. The monoisotopic (exact) mass is 276 g/mol. The van der Waals surface area contributed by atoms with Crippen molar-refractivity contribution >= 4 is 23.2 Å². The van der Waals surface area contributed by atoms with E-state index in [4.69, 9.17) is 16.7 Å².